The SMILES string of the molecule is CCCNCC(Oc1cnn(C(C)C)c1)C(C)C. The lowest BCUT2D eigenvalue weighted by Gasteiger charge is -2.22. The molecule has 0 fully saturated rings. The van der Waals surface area contributed by atoms with Crippen molar-refractivity contribution in [2.24, 2.45) is 5.92 Å². The molecule has 1 atom stereocenters. The van der Waals surface area contributed by atoms with Crippen molar-refractivity contribution in [3.8, 4) is 5.75 Å². The largest absolute Gasteiger partial charge is 0.486 e. The number of ether oxygens (including phenoxy) is 1. The smallest absolute Gasteiger partial charge is 0.157 e. The Morgan fingerprint density at radius 1 is 1.33 bits per heavy atom. The highest BCUT2D eigenvalue weighted by molar-refractivity contribution is 5.12. The van der Waals surface area contributed by atoms with Gasteiger partial charge in [-0.1, -0.05) is 20.8 Å². The third kappa shape index (κ3) is 4.69. The van der Waals surface area contributed by atoms with Crippen LogP contribution in [0, 0.1) is 5.92 Å². The first-order valence-corrected chi connectivity index (χ1v) is 6.96. The number of hydrogen-bond acceptors (Lipinski definition) is 3. The summed E-state index contributed by atoms with van der Waals surface area (Å²) >= 11 is 0. The van der Waals surface area contributed by atoms with Gasteiger partial charge in [-0.15, -0.1) is 0 Å². The summed E-state index contributed by atoms with van der Waals surface area (Å²) in [7, 11) is 0. The Morgan fingerprint density at radius 2 is 2.06 bits per heavy atom. The summed E-state index contributed by atoms with van der Waals surface area (Å²) in [6.45, 7) is 12.7. The van der Waals surface area contributed by atoms with E-state index in [9.17, 15) is 0 Å². The first-order chi connectivity index (χ1) is 8.54. The molecule has 0 amide bonds. The number of rotatable bonds is 8. The van der Waals surface area contributed by atoms with Crippen molar-refractivity contribution in [1.82, 2.24) is 15.1 Å². The van der Waals surface area contributed by atoms with Crippen molar-refractivity contribution in [3.63, 3.8) is 0 Å². The van der Waals surface area contributed by atoms with Crippen LogP contribution >= 0.6 is 0 Å². The lowest BCUT2D eigenvalue weighted by atomic mass is 10.1. The van der Waals surface area contributed by atoms with E-state index in [-0.39, 0.29) is 6.10 Å². The highest BCUT2D eigenvalue weighted by Crippen LogP contribution is 2.16. The molecule has 0 radical (unpaired) electrons. The van der Waals surface area contributed by atoms with Crippen LogP contribution in [0.25, 0.3) is 0 Å². The molecule has 1 aromatic heterocycles. The maximum Gasteiger partial charge on any atom is 0.157 e. The van der Waals surface area contributed by atoms with Crippen molar-refractivity contribution in [1.29, 1.82) is 0 Å². The molecule has 1 aromatic rings. The molecular formula is C14H27N3O. The molecule has 18 heavy (non-hydrogen) atoms. The predicted octanol–water partition coefficient (Wildman–Crippen LogP) is 2.87. The van der Waals surface area contributed by atoms with E-state index in [1.807, 2.05) is 10.9 Å². The summed E-state index contributed by atoms with van der Waals surface area (Å²) in [4.78, 5) is 0. The summed E-state index contributed by atoms with van der Waals surface area (Å²) in [6.07, 6.45) is 5.12. The fourth-order valence-electron chi connectivity index (χ4n) is 1.67. The molecule has 1 unspecified atom stereocenters. The standard InChI is InChI=1S/C14H27N3O/c1-6-7-15-9-14(11(2)3)18-13-8-16-17(10-13)12(4)5/h8,10-12,14-15H,6-7,9H2,1-5H3. The van der Waals surface area contributed by atoms with Crippen molar-refractivity contribution in [2.75, 3.05) is 13.1 Å². The topological polar surface area (TPSA) is 39.1 Å². The molecule has 0 bridgehead atoms. The van der Waals surface area contributed by atoms with Crippen LogP contribution in [0.1, 0.15) is 47.1 Å². The Hall–Kier alpha value is -1.03. The summed E-state index contributed by atoms with van der Waals surface area (Å²) in [6, 6.07) is 0.373. The second-order valence-corrected chi connectivity index (χ2v) is 5.35. The van der Waals surface area contributed by atoms with Crippen LogP contribution in [0.2, 0.25) is 0 Å². The highest BCUT2D eigenvalue weighted by Gasteiger charge is 2.15. The van der Waals surface area contributed by atoms with Gasteiger partial charge in [-0.3, -0.25) is 4.68 Å². The van der Waals surface area contributed by atoms with Crippen molar-refractivity contribution < 1.29 is 4.74 Å². The average Bonchev–Trinajstić information content (AvgIpc) is 2.76. The molecule has 0 aliphatic rings. The number of nitrogens with zero attached hydrogens (tertiary/aromatic N) is 2. The third-order valence-corrected chi connectivity index (χ3v) is 2.91. The summed E-state index contributed by atoms with van der Waals surface area (Å²) in [5.74, 6) is 1.34. The quantitative estimate of drug-likeness (QED) is 0.724. The second kappa shape index (κ2) is 7.41. The van der Waals surface area contributed by atoms with E-state index in [4.69, 9.17) is 4.74 Å². The van der Waals surface area contributed by atoms with Crippen LogP contribution in [-0.4, -0.2) is 29.0 Å². The van der Waals surface area contributed by atoms with Gasteiger partial charge >= 0.3 is 0 Å². The zero-order valence-corrected chi connectivity index (χ0v) is 12.3. The van der Waals surface area contributed by atoms with E-state index < -0.39 is 0 Å². The van der Waals surface area contributed by atoms with Gasteiger partial charge in [0.15, 0.2) is 5.75 Å². The normalized spacial score (nSPS) is 13.3. The van der Waals surface area contributed by atoms with Gasteiger partial charge in [0, 0.05) is 12.6 Å². The van der Waals surface area contributed by atoms with Crippen LogP contribution in [0.15, 0.2) is 12.4 Å². The van der Waals surface area contributed by atoms with Crippen molar-refractivity contribution in [3.05, 3.63) is 12.4 Å². The molecule has 4 heteroatoms. The maximum absolute atomic E-state index is 6.01. The molecule has 1 heterocycles. The monoisotopic (exact) mass is 253 g/mol. The summed E-state index contributed by atoms with van der Waals surface area (Å²) in [5.41, 5.74) is 0. The molecule has 104 valence electrons. The Morgan fingerprint density at radius 3 is 2.56 bits per heavy atom. The molecule has 0 aliphatic carbocycles. The number of hydrogen-bond donors (Lipinski definition) is 1. The first-order valence-electron chi connectivity index (χ1n) is 6.96. The van der Waals surface area contributed by atoms with Crippen LogP contribution in [0.4, 0.5) is 0 Å². The van der Waals surface area contributed by atoms with Crippen LogP contribution < -0.4 is 10.1 Å². The van der Waals surface area contributed by atoms with E-state index >= 15 is 0 Å². The van der Waals surface area contributed by atoms with Gasteiger partial charge in [-0.05, 0) is 32.7 Å². The molecule has 0 spiro atoms. The Kier molecular flexibility index (Phi) is 6.19. The van der Waals surface area contributed by atoms with Gasteiger partial charge in [0.05, 0.1) is 12.4 Å². The van der Waals surface area contributed by atoms with E-state index in [1.54, 1.807) is 6.20 Å². The number of aromatic nitrogens is 2. The summed E-state index contributed by atoms with van der Waals surface area (Å²) < 4.78 is 7.93. The predicted molar refractivity (Wildman–Crippen MR) is 75.0 cm³/mol. The Labute approximate surface area is 111 Å². The fourth-order valence-corrected chi connectivity index (χ4v) is 1.67. The van der Waals surface area contributed by atoms with Crippen molar-refractivity contribution >= 4 is 0 Å². The zero-order valence-electron chi connectivity index (χ0n) is 12.3. The van der Waals surface area contributed by atoms with Gasteiger partial charge in [-0.2, -0.15) is 5.10 Å². The molecule has 0 saturated carbocycles. The highest BCUT2D eigenvalue weighted by atomic mass is 16.5. The van der Waals surface area contributed by atoms with Gasteiger partial charge in [0.2, 0.25) is 0 Å². The van der Waals surface area contributed by atoms with Crippen LogP contribution in [0.3, 0.4) is 0 Å². The first kappa shape index (κ1) is 15.0. The van der Waals surface area contributed by atoms with Gasteiger partial charge in [-0.25, -0.2) is 0 Å². The van der Waals surface area contributed by atoms with Gasteiger partial charge in [0.1, 0.15) is 6.10 Å². The molecule has 0 aromatic carbocycles. The van der Waals surface area contributed by atoms with Gasteiger partial charge in [0.25, 0.3) is 0 Å². The fraction of sp³-hybridized carbons (Fsp3) is 0.786. The number of nitrogens with one attached hydrogen (secondary N) is 1. The Bertz CT molecular complexity index is 334. The third-order valence-electron chi connectivity index (χ3n) is 2.91. The minimum absolute atomic E-state index is 0.196. The van der Waals surface area contributed by atoms with Crippen LogP contribution in [-0.2, 0) is 0 Å². The molecule has 1 rings (SSSR count). The Balaban J connectivity index is 2.53. The van der Waals surface area contributed by atoms with Crippen LogP contribution in [0.5, 0.6) is 5.75 Å². The average molecular weight is 253 g/mol. The summed E-state index contributed by atoms with van der Waals surface area (Å²) in [5, 5.41) is 7.71. The second-order valence-electron chi connectivity index (χ2n) is 5.35. The molecule has 0 saturated heterocycles. The lowest BCUT2D eigenvalue weighted by molar-refractivity contribution is 0.149. The molecular weight excluding hydrogens is 226 g/mol. The maximum atomic E-state index is 6.01. The van der Waals surface area contributed by atoms with E-state index in [1.165, 1.54) is 0 Å². The van der Waals surface area contributed by atoms with Crippen molar-refractivity contribution in [2.45, 2.75) is 53.2 Å². The van der Waals surface area contributed by atoms with Gasteiger partial charge < -0.3 is 10.1 Å². The molecule has 4 nitrogen and oxygen atoms in total. The lowest BCUT2D eigenvalue weighted by Crippen LogP contribution is -2.35. The van der Waals surface area contributed by atoms with E-state index in [2.05, 4.69) is 45.0 Å². The molecule has 0 aliphatic heterocycles. The van der Waals surface area contributed by atoms with E-state index in [0.717, 1.165) is 25.3 Å². The zero-order chi connectivity index (χ0) is 13.5. The minimum atomic E-state index is 0.196. The van der Waals surface area contributed by atoms with E-state index in [0.29, 0.717) is 12.0 Å². The minimum Gasteiger partial charge on any atom is -0.486 e. The molecule has 1 N–H and O–H groups in total.